The Balaban J connectivity index is 1.44. The molecule has 1 heterocycles. The molecule has 1 aliphatic carbocycles. The second kappa shape index (κ2) is 4.98. The number of fused-ring (bicyclic) bond motifs is 1. The largest absolute Gasteiger partial charge is 0.445 e. The topological polar surface area (TPSA) is 50.4 Å². The number of hydrogen-bond acceptors (Lipinski definition) is 3. The highest BCUT2D eigenvalue weighted by Gasteiger charge is 2.45. The van der Waals surface area contributed by atoms with Gasteiger partial charge >= 0.3 is 6.09 Å². The number of hydrogen-bond donors (Lipinski definition) is 2. The number of alkyl carbamates (subject to hydrolysis) is 1. The van der Waals surface area contributed by atoms with Gasteiger partial charge in [-0.15, -0.1) is 0 Å². The Bertz CT molecular complexity index is 421. The van der Waals surface area contributed by atoms with Gasteiger partial charge in [-0.05, 0) is 30.4 Å². The molecule has 4 nitrogen and oxygen atoms in total. The van der Waals surface area contributed by atoms with Crippen LogP contribution in [-0.4, -0.2) is 25.2 Å². The summed E-state index contributed by atoms with van der Waals surface area (Å²) in [6.07, 6.45) is 0.926. The van der Waals surface area contributed by atoms with Gasteiger partial charge in [-0.1, -0.05) is 30.3 Å². The number of carbonyl (C=O) groups is 1. The third-order valence-corrected chi connectivity index (χ3v) is 3.78. The fourth-order valence-electron chi connectivity index (χ4n) is 2.65. The first kappa shape index (κ1) is 11.5. The Hall–Kier alpha value is -1.55. The Morgan fingerprint density at radius 3 is 3.00 bits per heavy atom. The molecule has 0 aromatic heterocycles. The van der Waals surface area contributed by atoms with Crippen LogP contribution in [0, 0.1) is 11.8 Å². The number of ether oxygens (including phenoxy) is 1. The van der Waals surface area contributed by atoms with Crippen LogP contribution >= 0.6 is 0 Å². The van der Waals surface area contributed by atoms with E-state index in [1.807, 2.05) is 30.3 Å². The fraction of sp³-hybridized carbons (Fsp3) is 0.500. The third-order valence-electron chi connectivity index (χ3n) is 3.78. The zero-order valence-electron chi connectivity index (χ0n) is 10.3. The Morgan fingerprint density at radius 1 is 1.33 bits per heavy atom. The van der Waals surface area contributed by atoms with Gasteiger partial charge in [0.25, 0.3) is 0 Å². The van der Waals surface area contributed by atoms with Crippen molar-refractivity contribution in [3.05, 3.63) is 35.9 Å². The van der Waals surface area contributed by atoms with Crippen molar-refractivity contribution in [2.24, 2.45) is 11.8 Å². The van der Waals surface area contributed by atoms with Crippen molar-refractivity contribution in [3.8, 4) is 0 Å². The highest BCUT2D eigenvalue weighted by molar-refractivity contribution is 5.67. The molecule has 0 bridgehead atoms. The van der Waals surface area contributed by atoms with Crippen molar-refractivity contribution in [1.29, 1.82) is 0 Å². The van der Waals surface area contributed by atoms with Crippen molar-refractivity contribution in [1.82, 2.24) is 10.6 Å². The Kier molecular flexibility index (Phi) is 3.19. The highest BCUT2D eigenvalue weighted by Crippen LogP contribution is 2.42. The lowest BCUT2D eigenvalue weighted by Crippen LogP contribution is -2.47. The van der Waals surface area contributed by atoms with Crippen molar-refractivity contribution >= 4 is 6.09 Å². The monoisotopic (exact) mass is 246 g/mol. The van der Waals surface area contributed by atoms with Crippen molar-refractivity contribution in [2.45, 2.75) is 19.1 Å². The summed E-state index contributed by atoms with van der Waals surface area (Å²) in [6, 6.07) is 9.97. The predicted molar refractivity (Wildman–Crippen MR) is 68.0 cm³/mol. The normalized spacial score (nSPS) is 29.2. The quantitative estimate of drug-likeness (QED) is 0.850. The molecule has 4 heteroatoms. The van der Waals surface area contributed by atoms with E-state index in [-0.39, 0.29) is 12.1 Å². The number of amides is 1. The van der Waals surface area contributed by atoms with Crippen molar-refractivity contribution < 1.29 is 9.53 Å². The zero-order chi connectivity index (χ0) is 12.4. The van der Waals surface area contributed by atoms with E-state index in [9.17, 15) is 4.79 Å². The molecule has 1 saturated carbocycles. The van der Waals surface area contributed by atoms with Gasteiger partial charge in [-0.2, -0.15) is 0 Å². The minimum atomic E-state index is -0.307. The molecule has 96 valence electrons. The average Bonchev–Trinajstić information content (AvgIpc) is 3.18. The Morgan fingerprint density at radius 2 is 2.17 bits per heavy atom. The molecule has 0 spiro atoms. The lowest BCUT2D eigenvalue weighted by molar-refractivity contribution is 0.133. The molecule has 2 aliphatic rings. The van der Waals surface area contributed by atoms with Gasteiger partial charge in [-0.3, -0.25) is 0 Å². The average molecular weight is 246 g/mol. The molecular formula is C14H18N2O2. The van der Waals surface area contributed by atoms with Crippen molar-refractivity contribution in [2.75, 3.05) is 13.1 Å². The first-order valence-electron chi connectivity index (χ1n) is 6.51. The molecule has 18 heavy (non-hydrogen) atoms. The minimum Gasteiger partial charge on any atom is -0.445 e. The van der Waals surface area contributed by atoms with E-state index >= 15 is 0 Å². The lowest BCUT2D eigenvalue weighted by Gasteiger charge is -2.23. The summed E-state index contributed by atoms with van der Waals surface area (Å²) in [5.41, 5.74) is 1.01. The summed E-state index contributed by atoms with van der Waals surface area (Å²) in [4.78, 5) is 11.7. The van der Waals surface area contributed by atoms with E-state index in [1.54, 1.807) is 0 Å². The first-order chi connectivity index (χ1) is 8.83. The minimum absolute atomic E-state index is 0.243. The summed E-state index contributed by atoms with van der Waals surface area (Å²) >= 11 is 0. The summed E-state index contributed by atoms with van der Waals surface area (Å²) in [5, 5.41) is 6.29. The molecular weight excluding hydrogens is 228 g/mol. The van der Waals surface area contributed by atoms with Crippen LogP contribution in [0.4, 0.5) is 4.79 Å². The van der Waals surface area contributed by atoms with Gasteiger partial charge in [0.05, 0.1) is 0 Å². The van der Waals surface area contributed by atoms with E-state index in [4.69, 9.17) is 4.74 Å². The second-order valence-corrected chi connectivity index (χ2v) is 5.13. The smallest absolute Gasteiger partial charge is 0.407 e. The van der Waals surface area contributed by atoms with Gasteiger partial charge in [-0.25, -0.2) is 4.79 Å². The highest BCUT2D eigenvalue weighted by atomic mass is 16.5. The molecule has 1 aromatic rings. The van der Waals surface area contributed by atoms with Crippen LogP contribution in [0.2, 0.25) is 0 Å². The molecule has 1 aromatic carbocycles. The molecule has 3 atom stereocenters. The zero-order valence-corrected chi connectivity index (χ0v) is 10.3. The van der Waals surface area contributed by atoms with Crippen LogP contribution in [0.5, 0.6) is 0 Å². The maximum absolute atomic E-state index is 11.7. The predicted octanol–water partition coefficient (Wildman–Crippen LogP) is 1.52. The molecule has 1 saturated heterocycles. The Labute approximate surface area is 107 Å². The van der Waals surface area contributed by atoms with Crippen LogP contribution in [0.3, 0.4) is 0 Å². The number of rotatable bonds is 3. The van der Waals surface area contributed by atoms with Crippen LogP contribution in [0.15, 0.2) is 30.3 Å². The second-order valence-electron chi connectivity index (χ2n) is 5.13. The first-order valence-corrected chi connectivity index (χ1v) is 6.51. The number of nitrogens with one attached hydrogen (secondary N) is 2. The van der Waals surface area contributed by atoms with Crippen LogP contribution in [-0.2, 0) is 11.3 Å². The van der Waals surface area contributed by atoms with Gasteiger partial charge in [0, 0.05) is 12.6 Å². The maximum atomic E-state index is 11.7. The van der Waals surface area contributed by atoms with Crippen molar-refractivity contribution in [3.63, 3.8) is 0 Å². The summed E-state index contributed by atoms with van der Waals surface area (Å²) in [6.45, 7) is 2.30. The van der Waals surface area contributed by atoms with E-state index in [0.717, 1.165) is 24.6 Å². The van der Waals surface area contributed by atoms with E-state index in [0.29, 0.717) is 12.5 Å². The molecule has 0 radical (unpaired) electrons. The lowest BCUT2D eigenvalue weighted by atomic mass is 10.1. The maximum Gasteiger partial charge on any atom is 0.407 e. The molecule has 3 rings (SSSR count). The summed E-state index contributed by atoms with van der Waals surface area (Å²) < 4.78 is 5.22. The van der Waals surface area contributed by atoms with Gasteiger partial charge in [0.2, 0.25) is 0 Å². The fourth-order valence-corrected chi connectivity index (χ4v) is 2.65. The van der Waals surface area contributed by atoms with E-state index in [2.05, 4.69) is 10.6 Å². The SMILES string of the molecule is O=C(N[C@H]1CNC[C@@H]2C[C@@H]21)OCc1ccccc1. The molecule has 2 N–H and O–H groups in total. The molecule has 0 unspecified atom stereocenters. The third kappa shape index (κ3) is 2.64. The van der Waals surface area contributed by atoms with E-state index in [1.165, 1.54) is 6.42 Å². The molecule has 1 aliphatic heterocycles. The number of benzene rings is 1. The van der Waals surface area contributed by atoms with Crippen LogP contribution < -0.4 is 10.6 Å². The van der Waals surface area contributed by atoms with Gasteiger partial charge < -0.3 is 15.4 Å². The summed E-state index contributed by atoms with van der Waals surface area (Å²) in [5.74, 6) is 1.42. The molecule has 1 amide bonds. The van der Waals surface area contributed by atoms with Gasteiger partial charge in [0.1, 0.15) is 6.61 Å². The van der Waals surface area contributed by atoms with E-state index < -0.39 is 0 Å². The molecule has 2 fully saturated rings. The number of carbonyl (C=O) groups excluding carboxylic acids is 1. The number of piperidine rings is 1. The summed E-state index contributed by atoms with van der Waals surface area (Å²) in [7, 11) is 0. The van der Waals surface area contributed by atoms with Crippen LogP contribution in [0.25, 0.3) is 0 Å². The van der Waals surface area contributed by atoms with Gasteiger partial charge in [0.15, 0.2) is 0 Å². The van der Waals surface area contributed by atoms with Crippen LogP contribution in [0.1, 0.15) is 12.0 Å². The standard InChI is InChI=1S/C14H18N2O2/c17-14(18-9-10-4-2-1-3-5-10)16-13-8-15-7-11-6-12(11)13/h1-5,11-13,15H,6-9H2,(H,16,17)/t11-,12-,13-/m0/s1.